The van der Waals surface area contributed by atoms with Crippen LogP contribution in [0.2, 0.25) is 0 Å². The largest absolute Gasteiger partial charge is 0.480 e. The molecule has 0 aliphatic rings. The number of hydrogen-bond donors (Lipinski definition) is 1. The van der Waals surface area contributed by atoms with Gasteiger partial charge in [-0.3, -0.25) is 0 Å². The summed E-state index contributed by atoms with van der Waals surface area (Å²) in [6, 6.07) is -0.591. The van der Waals surface area contributed by atoms with Crippen LogP contribution >= 0.6 is 0 Å². The number of nitrogens with zero attached hydrogens (tertiary/aromatic N) is 3. The monoisotopic (exact) mass is 197 g/mol. The van der Waals surface area contributed by atoms with Gasteiger partial charge in [-0.15, -0.1) is 10.2 Å². The van der Waals surface area contributed by atoms with Crippen molar-refractivity contribution in [3.63, 3.8) is 0 Å². The van der Waals surface area contributed by atoms with Crippen LogP contribution in [0.3, 0.4) is 0 Å². The smallest absolute Gasteiger partial charge is 0.326 e. The summed E-state index contributed by atoms with van der Waals surface area (Å²) in [5.74, 6) is 0.550. The van der Waals surface area contributed by atoms with Crippen LogP contribution in [-0.4, -0.2) is 25.8 Å². The topological polar surface area (TPSA) is 68.0 Å². The summed E-state index contributed by atoms with van der Waals surface area (Å²) in [7, 11) is 0. The summed E-state index contributed by atoms with van der Waals surface area (Å²) in [5, 5.41) is 16.7. The van der Waals surface area contributed by atoms with Crippen LogP contribution in [-0.2, 0) is 11.2 Å². The molecule has 1 unspecified atom stereocenters. The first kappa shape index (κ1) is 10.7. The second kappa shape index (κ2) is 4.21. The minimum Gasteiger partial charge on any atom is -0.480 e. The summed E-state index contributed by atoms with van der Waals surface area (Å²) in [6.45, 7) is 5.43. The van der Waals surface area contributed by atoms with E-state index in [1.54, 1.807) is 18.4 Å². The molecule has 5 nitrogen and oxygen atoms in total. The van der Waals surface area contributed by atoms with E-state index in [4.69, 9.17) is 5.11 Å². The number of carboxylic acid groups (broad SMARTS) is 1. The minimum absolute atomic E-state index is 0.591. The molecular formula is C9H15N3O2. The molecule has 1 aromatic rings. The fourth-order valence-electron chi connectivity index (χ4n) is 1.42. The quantitative estimate of drug-likeness (QED) is 0.787. The number of aliphatic carboxylic acids is 1. The number of carbonyl (C=O) groups is 1. The van der Waals surface area contributed by atoms with Gasteiger partial charge >= 0.3 is 5.97 Å². The SMILES string of the molecule is CCCc1nnc(C)n1C(C)C(=O)O. The first-order valence-electron chi connectivity index (χ1n) is 4.71. The lowest BCUT2D eigenvalue weighted by Crippen LogP contribution is -2.19. The number of aryl methyl sites for hydroxylation is 2. The number of hydrogen-bond acceptors (Lipinski definition) is 3. The van der Waals surface area contributed by atoms with Gasteiger partial charge in [-0.1, -0.05) is 6.92 Å². The molecule has 0 bridgehead atoms. The van der Waals surface area contributed by atoms with E-state index in [1.165, 1.54) is 0 Å². The van der Waals surface area contributed by atoms with Gasteiger partial charge in [0.1, 0.15) is 17.7 Å². The predicted molar refractivity (Wildman–Crippen MR) is 51.1 cm³/mol. The fourth-order valence-corrected chi connectivity index (χ4v) is 1.42. The van der Waals surface area contributed by atoms with Gasteiger partial charge < -0.3 is 9.67 Å². The van der Waals surface area contributed by atoms with E-state index in [-0.39, 0.29) is 0 Å². The molecule has 0 aliphatic carbocycles. The summed E-state index contributed by atoms with van der Waals surface area (Å²) in [4.78, 5) is 10.8. The zero-order valence-electron chi connectivity index (χ0n) is 8.69. The molecule has 0 radical (unpaired) electrons. The van der Waals surface area contributed by atoms with E-state index in [9.17, 15) is 4.79 Å². The third-order valence-electron chi connectivity index (χ3n) is 2.16. The van der Waals surface area contributed by atoms with E-state index >= 15 is 0 Å². The molecule has 0 aliphatic heterocycles. The first-order valence-corrected chi connectivity index (χ1v) is 4.71. The molecule has 0 aromatic carbocycles. The maximum absolute atomic E-state index is 10.8. The van der Waals surface area contributed by atoms with Gasteiger partial charge in [-0.2, -0.15) is 0 Å². The van der Waals surface area contributed by atoms with Gasteiger partial charge in [0.05, 0.1) is 0 Å². The number of aromatic nitrogens is 3. The molecule has 1 rings (SSSR count). The summed E-state index contributed by atoms with van der Waals surface area (Å²) in [6.07, 6.45) is 1.70. The minimum atomic E-state index is -0.856. The van der Waals surface area contributed by atoms with Gasteiger partial charge in [-0.05, 0) is 20.3 Å². The van der Waals surface area contributed by atoms with Crippen molar-refractivity contribution in [1.82, 2.24) is 14.8 Å². The van der Waals surface area contributed by atoms with Crippen LogP contribution in [0.15, 0.2) is 0 Å². The fraction of sp³-hybridized carbons (Fsp3) is 0.667. The van der Waals surface area contributed by atoms with Crippen molar-refractivity contribution in [2.75, 3.05) is 0 Å². The second-order valence-electron chi connectivity index (χ2n) is 3.30. The van der Waals surface area contributed by atoms with E-state index in [2.05, 4.69) is 10.2 Å². The molecule has 1 atom stereocenters. The van der Waals surface area contributed by atoms with Crippen molar-refractivity contribution in [3.05, 3.63) is 11.6 Å². The Morgan fingerprint density at radius 1 is 1.57 bits per heavy atom. The zero-order valence-corrected chi connectivity index (χ0v) is 8.69. The summed E-state index contributed by atoms with van der Waals surface area (Å²) >= 11 is 0. The van der Waals surface area contributed by atoms with Crippen LogP contribution < -0.4 is 0 Å². The Morgan fingerprint density at radius 2 is 2.21 bits per heavy atom. The highest BCUT2D eigenvalue weighted by Crippen LogP contribution is 2.13. The van der Waals surface area contributed by atoms with Gasteiger partial charge in [-0.25, -0.2) is 4.79 Å². The van der Waals surface area contributed by atoms with Gasteiger partial charge in [0.2, 0.25) is 0 Å². The van der Waals surface area contributed by atoms with Crippen molar-refractivity contribution in [3.8, 4) is 0 Å². The molecule has 0 amide bonds. The van der Waals surface area contributed by atoms with Crippen LogP contribution in [0, 0.1) is 6.92 Å². The molecule has 1 aromatic heterocycles. The summed E-state index contributed by atoms with van der Waals surface area (Å²) < 4.78 is 1.67. The highest BCUT2D eigenvalue weighted by Gasteiger charge is 2.19. The Bertz CT molecular complexity index is 333. The van der Waals surface area contributed by atoms with Crippen molar-refractivity contribution in [1.29, 1.82) is 0 Å². The molecule has 0 spiro atoms. The third-order valence-corrected chi connectivity index (χ3v) is 2.16. The lowest BCUT2D eigenvalue weighted by Gasteiger charge is -2.12. The predicted octanol–water partition coefficient (Wildman–Crippen LogP) is 1.18. The maximum atomic E-state index is 10.8. The zero-order chi connectivity index (χ0) is 10.7. The van der Waals surface area contributed by atoms with Gasteiger partial charge in [0.15, 0.2) is 0 Å². The summed E-state index contributed by atoms with van der Waals surface area (Å²) in [5.41, 5.74) is 0. The number of carboxylic acids is 1. The average Bonchev–Trinajstić information content (AvgIpc) is 2.47. The van der Waals surface area contributed by atoms with E-state index < -0.39 is 12.0 Å². The number of rotatable bonds is 4. The highest BCUT2D eigenvalue weighted by molar-refractivity contribution is 5.71. The molecule has 5 heteroatoms. The molecule has 0 fully saturated rings. The van der Waals surface area contributed by atoms with Gasteiger partial charge in [0, 0.05) is 6.42 Å². The van der Waals surface area contributed by atoms with E-state index in [0.717, 1.165) is 18.7 Å². The van der Waals surface area contributed by atoms with Crippen LogP contribution in [0.1, 0.15) is 38.0 Å². The van der Waals surface area contributed by atoms with E-state index in [0.29, 0.717) is 5.82 Å². The van der Waals surface area contributed by atoms with Crippen molar-refractivity contribution < 1.29 is 9.90 Å². The lowest BCUT2D eigenvalue weighted by atomic mass is 10.2. The lowest BCUT2D eigenvalue weighted by molar-refractivity contribution is -0.140. The Labute approximate surface area is 82.8 Å². The van der Waals surface area contributed by atoms with Crippen molar-refractivity contribution in [2.45, 2.75) is 39.7 Å². The Kier molecular flexibility index (Phi) is 3.22. The van der Waals surface area contributed by atoms with Crippen molar-refractivity contribution >= 4 is 5.97 Å². The molecule has 1 N–H and O–H groups in total. The Balaban J connectivity index is 3.03. The second-order valence-corrected chi connectivity index (χ2v) is 3.30. The first-order chi connectivity index (χ1) is 6.57. The molecule has 78 valence electrons. The third kappa shape index (κ3) is 1.92. The van der Waals surface area contributed by atoms with Crippen LogP contribution in [0.25, 0.3) is 0 Å². The molecule has 14 heavy (non-hydrogen) atoms. The van der Waals surface area contributed by atoms with E-state index in [1.807, 2.05) is 6.92 Å². The normalized spacial score (nSPS) is 12.8. The van der Waals surface area contributed by atoms with Crippen LogP contribution in [0.4, 0.5) is 0 Å². The molecule has 0 saturated carbocycles. The van der Waals surface area contributed by atoms with Crippen molar-refractivity contribution in [2.24, 2.45) is 0 Å². The molecule has 0 saturated heterocycles. The average molecular weight is 197 g/mol. The van der Waals surface area contributed by atoms with Gasteiger partial charge in [0.25, 0.3) is 0 Å². The maximum Gasteiger partial charge on any atom is 0.326 e. The standard InChI is InChI=1S/C9H15N3O2/c1-4-5-8-11-10-7(3)12(8)6(2)9(13)14/h6H,4-5H2,1-3H3,(H,13,14). The Morgan fingerprint density at radius 3 is 2.71 bits per heavy atom. The Hall–Kier alpha value is -1.39. The highest BCUT2D eigenvalue weighted by atomic mass is 16.4. The van der Waals surface area contributed by atoms with Crippen LogP contribution in [0.5, 0.6) is 0 Å². The molecular weight excluding hydrogens is 182 g/mol. The molecule has 1 heterocycles.